The number of carbonyl (C=O) groups excluding carboxylic acids is 2. The van der Waals surface area contributed by atoms with Crippen molar-refractivity contribution < 1.29 is 29.6 Å². The number of ketones is 1. The Balaban J connectivity index is 3.46. The lowest BCUT2D eigenvalue weighted by atomic mass is 9.68. The van der Waals surface area contributed by atoms with Gasteiger partial charge in [0.1, 0.15) is 17.5 Å². The highest BCUT2D eigenvalue weighted by Gasteiger charge is 2.48. The van der Waals surface area contributed by atoms with E-state index in [9.17, 15) is 24.9 Å². The molecule has 1 aliphatic heterocycles. The summed E-state index contributed by atoms with van der Waals surface area (Å²) in [5, 5.41) is 33.1. The molecule has 0 aromatic heterocycles. The molecule has 3 N–H and O–H groups in total. The van der Waals surface area contributed by atoms with Gasteiger partial charge in [0.15, 0.2) is 0 Å². The van der Waals surface area contributed by atoms with E-state index in [0.717, 1.165) is 0 Å². The van der Waals surface area contributed by atoms with Gasteiger partial charge < -0.3 is 20.1 Å². The van der Waals surface area contributed by atoms with Crippen molar-refractivity contribution in [3.8, 4) is 0 Å². The molecule has 1 rings (SSSR count). The summed E-state index contributed by atoms with van der Waals surface area (Å²) in [7, 11) is 0. The van der Waals surface area contributed by atoms with Crippen LogP contribution >= 0.6 is 0 Å². The van der Waals surface area contributed by atoms with Gasteiger partial charge in [0.25, 0.3) is 0 Å². The third-order valence-electron chi connectivity index (χ3n) is 7.78. The van der Waals surface area contributed by atoms with E-state index in [1.807, 2.05) is 20.8 Å². The van der Waals surface area contributed by atoms with Crippen LogP contribution in [0.15, 0.2) is 12.7 Å². The molecule has 0 saturated carbocycles. The molecule has 0 radical (unpaired) electrons. The average molecular weight is 427 g/mol. The molecule has 1 saturated heterocycles. The third-order valence-corrected chi connectivity index (χ3v) is 7.78. The van der Waals surface area contributed by atoms with E-state index in [2.05, 4.69) is 6.58 Å². The quantitative estimate of drug-likeness (QED) is 0.463. The number of esters is 1. The Morgan fingerprint density at radius 2 is 1.57 bits per heavy atom. The second kappa shape index (κ2) is 9.92. The van der Waals surface area contributed by atoms with E-state index in [1.54, 1.807) is 27.7 Å². The first-order valence-electron chi connectivity index (χ1n) is 11.1. The normalized spacial score (nSPS) is 47.3. The standard InChI is InChI=1S/C24H42O6/c1-10-11-19-24(9,29)21(26)17(6)20(25)13(2)12-23(8,28)18(7)15(4)14(3)16(5)22(27)30-19/h10,13-19,21,26,28-29H,1,11-12H2,2-9H3. The minimum absolute atomic E-state index is 0.0193. The van der Waals surface area contributed by atoms with Crippen molar-refractivity contribution in [2.75, 3.05) is 0 Å². The lowest BCUT2D eigenvalue weighted by Crippen LogP contribution is -2.56. The van der Waals surface area contributed by atoms with Crippen LogP contribution in [0.25, 0.3) is 0 Å². The van der Waals surface area contributed by atoms with Crippen molar-refractivity contribution in [2.24, 2.45) is 35.5 Å². The maximum Gasteiger partial charge on any atom is 0.309 e. The number of aliphatic hydroxyl groups excluding tert-OH is 1. The topological polar surface area (TPSA) is 104 Å². The number of cyclic esters (lactones) is 1. The van der Waals surface area contributed by atoms with Gasteiger partial charge in [0.2, 0.25) is 0 Å². The Morgan fingerprint density at radius 3 is 2.07 bits per heavy atom. The van der Waals surface area contributed by atoms with E-state index in [4.69, 9.17) is 4.74 Å². The summed E-state index contributed by atoms with van der Waals surface area (Å²) in [5.74, 6) is -2.91. The monoisotopic (exact) mass is 426 g/mol. The lowest BCUT2D eigenvalue weighted by molar-refractivity contribution is -0.191. The number of rotatable bonds is 2. The smallest absolute Gasteiger partial charge is 0.309 e. The zero-order valence-electron chi connectivity index (χ0n) is 19.9. The van der Waals surface area contributed by atoms with Gasteiger partial charge in [0.05, 0.1) is 17.6 Å². The van der Waals surface area contributed by atoms with Crippen molar-refractivity contribution in [3.63, 3.8) is 0 Å². The van der Waals surface area contributed by atoms with Gasteiger partial charge in [-0.05, 0) is 38.0 Å². The molecule has 0 spiro atoms. The zero-order valence-corrected chi connectivity index (χ0v) is 19.9. The molecule has 30 heavy (non-hydrogen) atoms. The summed E-state index contributed by atoms with van der Waals surface area (Å²) in [5.41, 5.74) is -2.97. The molecule has 10 unspecified atom stereocenters. The molecule has 10 atom stereocenters. The Hall–Kier alpha value is -1.24. The fourth-order valence-electron chi connectivity index (χ4n) is 4.70. The second-order valence-corrected chi connectivity index (χ2v) is 10.1. The number of aliphatic hydroxyl groups is 3. The minimum atomic E-state index is -1.84. The van der Waals surface area contributed by atoms with Gasteiger partial charge in [0, 0.05) is 18.3 Å². The van der Waals surface area contributed by atoms with Crippen LogP contribution in [0.4, 0.5) is 0 Å². The van der Waals surface area contributed by atoms with Gasteiger partial charge in [-0.3, -0.25) is 9.59 Å². The van der Waals surface area contributed by atoms with Crippen molar-refractivity contribution in [1.29, 1.82) is 0 Å². The van der Waals surface area contributed by atoms with Gasteiger partial charge in [-0.2, -0.15) is 0 Å². The van der Waals surface area contributed by atoms with Crippen molar-refractivity contribution >= 4 is 11.8 Å². The fourth-order valence-corrected chi connectivity index (χ4v) is 4.70. The number of carbonyl (C=O) groups is 2. The van der Waals surface area contributed by atoms with Crippen LogP contribution in [-0.4, -0.2) is 50.5 Å². The highest BCUT2D eigenvalue weighted by molar-refractivity contribution is 5.83. The van der Waals surface area contributed by atoms with E-state index >= 15 is 0 Å². The average Bonchev–Trinajstić information content (AvgIpc) is 2.67. The highest BCUT2D eigenvalue weighted by Crippen LogP contribution is 2.39. The maximum absolute atomic E-state index is 13.0. The first-order chi connectivity index (χ1) is 13.6. The molecule has 6 heteroatoms. The molecular weight excluding hydrogens is 384 g/mol. The number of ether oxygens (including phenoxy) is 1. The molecule has 0 bridgehead atoms. The first-order valence-corrected chi connectivity index (χ1v) is 11.1. The van der Waals surface area contributed by atoms with Gasteiger partial charge in [-0.25, -0.2) is 0 Å². The summed E-state index contributed by atoms with van der Waals surface area (Å²) in [4.78, 5) is 25.9. The largest absolute Gasteiger partial charge is 0.459 e. The SMILES string of the molecule is C=CCC1OC(=O)C(C)C(C)C(C)C(C)C(C)(O)CC(C)C(=O)C(C)C(O)C1(C)O. The lowest BCUT2D eigenvalue weighted by Gasteiger charge is -2.42. The van der Waals surface area contributed by atoms with Gasteiger partial charge in [-0.1, -0.05) is 47.6 Å². The van der Waals surface area contributed by atoms with Crippen molar-refractivity contribution in [3.05, 3.63) is 12.7 Å². The summed E-state index contributed by atoms with van der Waals surface area (Å²) < 4.78 is 5.66. The molecule has 174 valence electrons. The summed E-state index contributed by atoms with van der Waals surface area (Å²) in [6, 6.07) is 0. The van der Waals surface area contributed by atoms with E-state index < -0.39 is 47.1 Å². The molecule has 0 aromatic rings. The predicted molar refractivity (Wildman–Crippen MR) is 117 cm³/mol. The second-order valence-electron chi connectivity index (χ2n) is 10.1. The van der Waals surface area contributed by atoms with Gasteiger partial charge in [-0.15, -0.1) is 6.58 Å². The molecule has 1 heterocycles. The van der Waals surface area contributed by atoms with Crippen LogP contribution in [0.5, 0.6) is 0 Å². The van der Waals surface area contributed by atoms with Crippen molar-refractivity contribution in [2.45, 2.75) is 91.6 Å². The predicted octanol–water partition coefficient (Wildman–Crippen LogP) is 3.13. The molecule has 6 nitrogen and oxygen atoms in total. The zero-order chi connectivity index (χ0) is 23.6. The van der Waals surface area contributed by atoms with Crippen LogP contribution in [-0.2, 0) is 14.3 Å². The third kappa shape index (κ3) is 5.51. The fraction of sp³-hybridized carbons (Fsp3) is 0.833. The summed E-state index contributed by atoms with van der Waals surface area (Å²) in [6.07, 6.45) is -0.571. The van der Waals surface area contributed by atoms with Gasteiger partial charge >= 0.3 is 5.97 Å². The van der Waals surface area contributed by atoms with E-state index in [1.165, 1.54) is 13.0 Å². The molecule has 0 aromatic carbocycles. The van der Waals surface area contributed by atoms with Crippen molar-refractivity contribution in [1.82, 2.24) is 0 Å². The van der Waals surface area contributed by atoms with Crippen LogP contribution in [0.1, 0.15) is 68.2 Å². The molecule has 0 aliphatic carbocycles. The highest BCUT2D eigenvalue weighted by atomic mass is 16.6. The molecule has 0 amide bonds. The Morgan fingerprint density at radius 1 is 1.03 bits per heavy atom. The van der Waals surface area contributed by atoms with Crippen LogP contribution in [0.3, 0.4) is 0 Å². The molecular formula is C24H42O6. The number of hydrogen-bond acceptors (Lipinski definition) is 6. The van der Waals surface area contributed by atoms with E-state index in [0.29, 0.717) is 0 Å². The summed E-state index contributed by atoms with van der Waals surface area (Å²) >= 11 is 0. The molecule has 1 fully saturated rings. The maximum atomic E-state index is 13.0. The summed E-state index contributed by atoms with van der Waals surface area (Å²) in [6.45, 7) is 17.7. The van der Waals surface area contributed by atoms with Crippen LogP contribution in [0.2, 0.25) is 0 Å². The number of Topliss-reactive ketones (excluding diaryl/α,β-unsaturated/α-hetero) is 1. The Kier molecular flexibility index (Phi) is 8.86. The molecule has 1 aliphatic rings. The Labute approximate surface area is 181 Å². The minimum Gasteiger partial charge on any atom is -0.459 e. The van der Waals surface area contributed by atoms with E-state index in [-0.39, 0.29) is 36.4 Å². The Bertz CT molecular complexity index is 625. The van der Waals surface area contributed by atoms with Crippen LogP contribution in [0, 0.1) is 35.5 Å². The van der Waals surface area contributed by atoms with Crippen LogP contribution < -0.4 is 0 Å². The first kappa shape index (κ1) is 26.8. The number of hydrogen-bond donors (Lipinski definition) is 3.